The van der Waals surface area contributed by atoms with Crippen molar-refractivity contribution in [3.05, 3.63) is 125 Å². The highest BCUT2D eigenvalue weighted by molar-refractivity contribution is 7.86. The zero-order valence-electron chi connectivity index (χ0n) is 25.2. The Labute approximate surface area is 250 Å². The van der Waals surface area contributed by atoms with E-state index in [1.807, 2.05) is 47.6 Å². The zero-order valence-corrected chi connectivity index (χ0v) is 26.0. The van der Waals surface area contributed by atoms with Gasteiger partial charge in [-0.25, -0.2) is 17.9 Å². The lowest BCUT2D eigenvalue weighted by Gasteiger charge is -2.27. The molecular formula is C36H40N2O3S. The predicted molar refractivity (Wildman–Crippen MR) is 170 cm³/mol. The van der Waals surface area contributed by atoms with Gasteiger partial charge in [-0.3, -0.25) is 0 Å². The van der Waals surface area contributed by atoms with Gasteiger partial charge in [0.25, 0.3) is 0 Å². The molecule has 42 heavy (non-hydrogen) atoms. The molecule has 0 fully saturated rings. The van der Waals surface area contributed by atoms with E-state index in [2.05, 4.69) is 82.5 Å². The summed E-state index contributed by atoms with van der Waals surface area (Å²) in [7, 11) is -4.73. The van der Waals surface area contributed by atoms with Gasteiger partial charge >= 0.3 is 0 Å². The number of anilines is 1. The van der Waals surface area contributed by atoms with Gasteiger partial charge in [0.2, 0.25) is 6.34 Å². The van der Waals surface area contributed by atoms with Crippen molar-refractivity contribution in [2.24, 2.45) is 0 Å². The van der Waals surface area contributed by atoms with Gasteiger partial charge in [-0.2, -0.15) is 0 Å². The van der Waals surface area contributed by atoms with E-state index in [1.165, 1.54) is 22.8 Å². The molecule has 0 aliphatic carbocycles. The lowest BCUT2D eigenvalue weighted by atomic mass is 9.86. The second kappa shape index (κ2) is 11.9. The van der Waals surface area contributed by atoms with Crippen molar-refractivity contribution in [1.29, 1.82) is 0 Å². The predicted octanol–water partition coefficient (Wildman–Crippen LogP) is 8.64. The molecule has 5 nitrogen and oxygen atoms in total. The van der Waals surface area contributed by atoms with Crippen LogP contribution in [0.2, 0.25) is 0 Å². The molecule has 0 aromatic heterocycles. The first-order chi connectivity index (χ1) is 20.0. The Morgan fingerprint density at radius 1 is 0.690 bits per heavy atom. The van der Waals surface area contributed by atoms with Crippen LogP contribution in [-0.4, -0.2) is 23.9 Å². The van der Waals surface area contributed by atoms with Crippen LogP contribution >= 0.6 is 0 Å². The number of rotatable bonds is 8. The molecule has 0 saturated heterocycles. The van der Waals surface area contributed by atoms with Crippen LogP contribution in [0.4, 0.5) is 11.4 Å². The molecule has 0 unspecified atom stereocenters. The molecule has 0 bridgehead atoms. The van der Waals surface area contributed by atoms with Crippen LogP contribution in [0.5, 0.6) is 0 Å². The van der Waals surface area contributed by atoms with E-state index in [4.69, 9.17) is 0 Å². The second-order valence-corrected chi connectivity index (χ2v) is 13.4. The number of nitrogens with zero attached hydrogens (tertiary/aromatic N) is 2. The highest BCUT2D eigenvalue weighted by atomic mass is 32.2. The van der Waals surface area contributed by atoms with Gasteiger partial charge < -0.3 is 4.55 Å². The number of para-hydroxylation sites is 1. The molecule has 4 aromatic carbocycles. The molecule has 0 radical (unpaired) electrons. The molecule has 0 saturated carbocycles. The molecule has 1 aliphatic heterocycles. The largest absolute Gasteiger partial charge is 0.744 e. The van der Waals surface area contributed by atoms with Crippen LogP contribution in [0.1, 0.15) is 99.2 Å². The summed E-state index contributed by atoms with van der Waals surface area (Å²) in [5, 5.41) is 0. The third kappa shape index (κ3) is 5.66. The summed E-state index contributed by atoms with van der Waals surface area (Å²) in [6.45, 7) is 13.4. The molecule has 1 aliphatic rings. The van der Waals surface area contributed by atoms with Gasteiger partial charge in [0, 0.05) is 22.3 Å². The molecule has 5 rings (SSSR count). The van der Waals surface area contributed by atoms with Gasteiger partial charge in [-0.1, -0.05) is 126 Å². The van der Waals surface area contributed by atoms with Crippen molar-refractivity contribution in [2.45, 2.75) is 76.3 Å². The Bertz CT molecular complexity index is 1670. The summed E-state index contributed by atoms with van der Waals surface area (Å²) in [4.78, 5) is 1.77. The first kappa shape index (κ1) is 29.7. The van der Waals surface area contributed by atoms with Crippen molar-refractivity contribution in [2.75, 3.05) is 4.90 Å². The fourth-order valence-electron chi connectivity index (χ4n) is 6.07. The van der Waals surface area contributed by atoms with Gasteiger partial charge in [-0.05, 0) is 35.4 Å². The van der Waals surface area contributed by atoms with Crippen molar-refractivity contribution in [1.82, 2.24) is 0 Å². The normalized spacial score (nSPS) is 17.4. The van der Waals surface area contributed by atoms with Gasteiger partial charge in [-0.15, -0.1) is 0 Å². The fourth-order valence-corrected chi connectivity index (χ4v) is 6.75. The summed E-state index contributed by atoms with van der Waals surface area (Å²) >= 11 is 0. The van der Waals surface area contributed by atoms with Crippen LogP contribution in [0.15, 0.2) is 102 Å². The van der Waals surface area contributed by atoms with E-state index in [-0.39, 0.29) is 28.8 Å². The molecule has 6 heteroatoms. The molecule has 2 atom stereocenters. The lowest BCUT2D eigenvalue weighted by Crippen LogP contribution is -2.27. The van der Waals surface area contributed by atoms with E-state index in [0.29, 0.717) is 11.6 Å². The summed E-state index contributed by atoms with van der Waals surface area (Å²) < 4.78 is 39.9. The first-order valence-corrected chi connectivity index (χ1v) is 16.1. The monoisotopic (exact) mass is 580 g/mol. The van der Waals surface area contributed by atoms with Crippen LogP contribution in [0.3, 0.4) is 0 Å². The highest BCUT2D eigenvalue weighted by Gasteiger charge is 2.48. The molecule has 4 aromatic rings. The lowest BCUT2D eigenvalue weighted by molar-refractivity contribution is -0.482. The molecular weight excluding hydrogens is 540 g/mol. The number of benzene rings is 4. The van der Waals surface area contributed by atoms with E-state index < -0.39 is 10.1 Å². The SMILES string of the molecule is CC(C)c1cc(C(C)C)c([N+]2=CN(c3ccccc3S(=O)(=O)[O-])[C@@H](c3ccccc3)[C@H]2c2ccccc2)c(C(C)C)c1. The minimum absolute atomic E-state index is 0.198. The van der Waals surface area contributed by atoms with Crippen molar-refractivity contribution in [3.63, 3.8) is 0 Å². The van der Waals surface area contributed by atoms with Crippen molar-refractivity contribution in [3.8, 4) is 0 Å². The van der Waals surface area contributed by atoms with Gasteiger partial charge in [0.1, 0.15) is 26.4 Å². The molecule has 1 heterocycles. The minimum Gasteiger partial charge on any atom is -0.744 e. The maximum absolute atomic E-state index is 12.5. The average molecular weight is 581 g/mol. The van der Waals surface area contributed by atoms with E-state index >= 15 is 0 Å². The quantitative estimate of drug-likeness (QED) is 0.155. The Morgan fingerprint density at radius 3 is 1.69 bits per heavy atom. The first-order valence-electron chi connectivity index (χ1n) is 14.7. The smallest absolute Gasteiger partial charge is 0.245 e. The summed E-state index contributed by atoms with van der Waals surface area (Å²) in [6, 6.07) is 31.2. The highest BCUT2D eigenvalue weighted by Crippen LogP contribution is 2.49. The molecule has 0 spiro atoms. The van der Waals surface area contributed by atoms with Gasteiger partial charge in [0.15, 0.2) is 12.1 Å². The standard InChI is InChI=1S/C36H40N2O3S/c1-24(2)29-21-30(25(3)4)36(31(22-29)26(5)6)38-23-37(32-19-13-14-20-33(32)42(39,40)41)34(27-15-9-7-10-16-27)35(38)28-17-11-8-12-18-28/h7-26,34-35H,1-6H3/t34-,35+/m0/s1. The minimum atomic E-state index is -4.73. The topological polar surface area (TPSA) is 63.5 Å². The van der Waals surface area contributed by atoms with Gasteiger partial charge in [0.05, 0.1) is 0 Å². The number of hydrogen-bond donors (Lipinski definition) is 0. The Balaban J connectivity index is 1.89. The third-order valence-electron chi connectivity index (χ3n) is 8.20. The second-order valence-electron chi connectivity index (χ2n) is 12.1. The zero-order chi connectivity index (χ0) is 30.2. The van der Waals surface area contributed by atoms with E-state index in [0.717, 1.165) is 16.8 Å². The summed E-state index contributed by atoms with van der Waals surface area (Å²) in [5.41, 5.74) is 7.45. The Morgan fingerprint density at radius 2 is 1.19 bits per heavy atom. The Kier molecular flexibility index (Phi) is 8.40. The van der Waals surface area contributed by atoms with Crippen LogP contribution < -0.4 is 4.90 Å². The van der Waals surface area contributed by atoms with E-state index in [9.17, 15) is 13.0 Å². The number of hydrogen-bond acceptors (Lipinski definition) is 4. The van der Waals surface area contributed by atoms with Crippen LogP contribution in [-0.2, 0) is 10.1 Å². The third-order valence-corrected chi connectivity index (χ3v) is 9.09. The molecule has 0 N–H and O–H groups in total. The maximum Gasteiger partial charge on any atom is 0.245 e. The summed E-state index contributed by atoms with van der Waals surface area (Å²) in [5.74, 6) is 0.878. The fraction of sp³-hybridized carbons (Fsp3) is 0.306. The molecule has 218 valence electrons. The van der Waals surface area contributed by atoms with Crippen LogP contribution in [0.25, 0.3) is 0 Å². The average Bonchev–Trinajstić information content (AvgIpc) is 3.37. The van der Waals surface area contributed by atoms with Crippen molar-refractivity contribution < 1.29 is 17.5 Å². The molecule has 0 amide bonds. The van der Waals surface area contributed by atoms with Crippen molar-refractivity contribution >= 4 is 27.8 Å². The van der Waals surface area contributed by atoms with Crippen LogP contribution in [0, 0.1) is 0 Å². The maximum atomic E-state index is 12.5. The van der Waals surface area contributed by atoms with E-state index in [1.54, 1.807) is 18.2 Å². The Hall–Kier alpha value is -3.74. The summed E-state index contributed by atoms with van der Waals surface area (Å²) in [6.07, 6.45) is 2.03.